The predicted octanol–water partition coefficient (Wildman–Crippen LogP) is 2.30. The molecule has 0 saturated carbocycles. The van der Waals surface area contributed by atoms with E-state index in [2.05, 4.69) is 58.0 Å². The lowest BCUT2D eigenvalue weighted by Crippen LogP contribution is -2.87. The van der Waals surface area contributed by atoms with Crippen molar-refractivity contribution in [1.29, 1.82) is 0 Å². The average Bonchev–Trinajstić information content (AvgIpc) is 3.36. The van der Waals surface area contributed by atoms with Gasteiger partial charge in [-0.1, -0.05) is 29.3 Å². The monoisotopic (exact) mass is 397 g/mol. The van der Waals surface area contributed by atoms with E-state index >= 15 is 0 Å². The summed E-state index contributed by atoms with van der Waals surface area (Å²) in [5, 5.41) is 10.6. The van der Waals surface area contributed by atoms with Crippen molar-refractivity contribution >= 4 is 40.3 Å². The number of rotatable bonds is 2. The summed E-state index contributed by atoms with van der Waals surface area (Å²) >= 11 is 7.78. The zero-order chi connectivity index (χ0) is 18.4. The largest absolute Gasteiger partial charge is 0.340 e. The summed E-state index contributed by atoms with van der Waals surface area (Å²) in [6.45, 7) is 2.24. The lowest BCUT2D eigenvalue weighted by molar-refractivity contribution is -0.713. The molecule has 136 valence electrons. The number of amidine groups is 2. The van der Waals surface area contributed by atoms with Gasteiger partial charge in [-0.05, 0) is 53.8 Å². The van der Waals surface area contributed by atoms with Crippen LogP contribution in [0.3, 0.4) is 0 Å². The molecule has 2 aromatic rings. The second-order valence-electron chi connectivity index (χ2n) is 6.83. The van der Waals surface area contributed by atoms with Crippen LogP contribution in [0.4, 0.5) is 5.69 Å². The molecule has 8 heteroatoms. The number of anilines is 1. The number of hydrogen-bond acceptors (Lipinski definition) is 6. The molecule has 27 heavy (non-hydrogen) atoms. The third-order valence-electron chi connectivity index (χ3n) is 5.07. The summed E-state index contributed by atoms with van der Waals surface area (Å²) in [4.78, 5) is 6.38. The van der Waals surface area contributed by atoms with Gasteiger partial charge in [0.05, 0.1) is 6.04 Å². The second-order valence-corrected chi connectivity index (χ2v) is 8.18. The number of thiophene rings is 1. The molecular weight excluding hydrogens is 380 g/mol. The number of fused-ring (bicyclic) bond motifs is 3. The van der Waals surface area contributed by atoms with Gasteiger partial charge >= 0.3 is 0 Å². The molecule has 5 rings (SSSR count). The van der Waals surface area contributed by atoms with E-state index < -0.39 is 0 Å². The summed E-state index contributed by atoms with van der Waals surface area (Å²) in [6.07, 6.45) is 6.55. The second kappa shape index (κ2) is 6.31. The van der Waals surface area contributed by atoms with Gasteiger partial charge in [0.15, 0.2) is 0 Å². The molecule has 0 spiro atoms. The molecular formula is C19H18ClN6S+. The van der Waals surface area contributed by atoms with E-state index in [0.717, 1.165) is 33.5 Å². The van der Waals surface area contributed by atoms with Crippen molar-refractivity contribution < 1.29 is 5.53 Å². The summed E-state index contributed by atoms with van der Waals surface area (Å²) in [5.74, 6) is 1.70. The highest BCUT2D eigenvalue weighted by Crippen LogP contribution is 2.44. The average molecular weight is 398 g/mol. The van der Waals surface area contributed by atoms with Crippen LogP contribution in [0.25, 0.3) is 0 Å². The van der Waals surface area contributed by atoms with Crippen LogP contribution in [0.2, 0.25) is 5.02 Å². The number of benzene rings is 1. The maximum absolute atomic E-state index is 6.01. The van der Waals surface area contributed by atoms with Gasteiger partial charge in [0.1, 0.15) is 5.84 Å². The summed E-state index contributed by atoms with van der Waals surface area (Å²) < 4.78 is 0. The standard InChI is InChI=1S/C19H17ClN6S/c1-19-8-6-11(17-23-25-26-24-17)10-15(19)22-18(14-7-9-27-16(14)19)21-13-4-2-12(20)3-5-13/h2-10,15,25-26H,1H3,(H,21,22)(H,23,24)/p+1. The highest BCUT2D eigenvalue weighted by atomic mass is 35.5. The van der Waals surface area contributed by atoms with Crippen molar-refractivity contribution in [2.45, 2.75) is 18.4 Å². The number of nitrogens with two attached hydrogens (primary N) is 1. The van der Waals surface area contributed by atoms with Gasteiger partial charge in [0.2, 0.25) is 5.84 Å². The number of nitrogens with one attached hydrogen (secondary N) is 3. The fourth-order valence-electron chi connectivity index (χ4n) is 3.57. The Morgan fingerprint density at radius 2 is 2.11 bits per heavy atom. The highest BCUT2D eigenvalue weighted by molar-refractivity contribution is 7.10. The SMILES string of the molecule is CC12C=CC(C3=N[NH2+]NN3)=CC1N=C(Nc1ccc(Cl)cc1)c1ccsc12. The third kappa shape index (κ3) is 2.80. The maximum Gasteiger partial charge on any atom is 0.209 e. The quantitative estimate of drug-likeness (QED) is 0.587. The number of hydrogen-bond donors (Lipinski definition) is 4. The van der Waals surface area contributed by atoms with Gasteiger partial charge in [0.25, 0.3) is 0 Å². The minimum Gasteiger partial charge on any atom is -0.340 e. The summed E-state index contributed by atoms with van der Waals surface area (Å²) in [6, 6.07) is 9.80. The normalized spacial score (nSPS) is 25.7. The molecule has 5 N–H and O–H groups in total. The number of quaternary nitrogens is 1. The number of aliphatic imine (C=N–C) groups is 1. The fourth-order valence-corrected chi connectivity index (χ4v) is 4.77. The summed E-state index contributed by atoms with van der Waals surface area (Å²) in [5.41, 5.74) is 10.6. The Morgan fingerprint density at radius 1 is 1.26 bits per heavy atom. The van der Waals surface area contributed by atoms with Crippen LogP contribution in [-0.4, -0.2) is 17.7 Å². The van der Waals surface area contributed by atoms with E-state index in [9.17, 15) is 0 Å². The highest BCUT2D eigenvalue weighted by Gasteiger charge is 2.42. The fraction of sp³-hybridized carbons (Fsp3) is 0.158. The topological polar surface area (TPSA) is 77.4 Å². The zero-order valence-electron chi connectivity index (χ0n) is 14.5. The molecule has 6 nitrogen and oxygen atoms in total. The van der Waals surface area contributed by atoms with Gasteiger partial charge in [-0.15, -0.1) is 16.9 Å². The van der Waals surface area contributed by atoms with Crippen LogP contribution >= 0.6 is 22.9 Å². The van der Waals surface area contributed by atoms with Gasteiger partial charge in [-0.3, -0.25) is 10.4 Å². The number of nitrogens with zero attached hydrogens (tertiary/aromatic N) is 2. The van der Waals surface area contributed by atoms with Crippen molar-refractivity contribution in [2.75, 3.05) is 5.32 Å². The van der Waals surface area contributed by atoms with Crippen LogP contribution in [0.5, 0.6) is 0 Å². The van der Waals surface area contributed by atoms with Crippen LogP contribution in [0.1, 0.15) is 17.4 Å². The van der Waals surface area contributed by atoms with Crippen molar-refractivity contribution in [2.24, 2.45) is 10.1 Å². The minimum atomic E-state index is -0.158. The van der Waals surface area contributed by atoms with Crippen LogP contribution < -0.4 is 21.8 Å². The van der Waals surface area contributed by atoms with Gasteiger partial charge in [-0.2, -0.15) is 0 Å². The Balaban J connectivity index is 1.55. The first-order valence-corrected chi connectivity index (χ1v) is 9.90. The zero-order valence-corrected chi connectivity index (χ0v) is 16.1. The van der Waals surface area contributed by atoms with E-state index in [1.54, 1.807) is 16.9 Å². The molecule has 1 aromatic heterocycles. The predicted molar refractivity (Wildman–Crippen MR) is 110 cm³/mol. The van der Waals surface area contributed by atoms with Crippen LogP contribution in [0, 0.1) is 0 Å². The van der Waals surface area contributed by atoms with Crippen molar-refractivity contribution in [3.63, 3.8) is 0 Å². The number of hydrazine groups is 1. The molecule has 1 aliphatic carbocycles. The van der Waals surface area contributed by atoms with Crippen LogP contribution in [0.15, 0.2) is 69.6 Å². The summed E-state index contributed by atoms with van der Waals surface area (Å²) in [7, 11) is 0. The smallest absolute Gasteiger partial charge is 0.209 e. The molecule has 3 heterocycles. The third-order valence-corrected chi connectivity index (χ3v) is 6.49. The Hall–Kier alpha value is -2.45. The molecule has 0 bridgehead atoms. The Bertz CT molecular complexity index is 1020. The van der Waals surface area contributed by atoms with Crippen molar-refractivity contribution in [3.8, 4) is 0 Å². The molecule has 2 atom stereocenters. The molecule has 0 radical (unpaired) electrons. The molecule has 3 aliphatic rings. The molecule has 0 amide bonds. The van der Waals surface area contributed by atoms with Crippen LogP contribution in [-0.2, 0) is 5.41 Å². The molecule has 2 aliphatic heterocycles. The van der Waals surface area contributed by atoms with E-state index in [4.69, 9.17) is 16.6 Å². The Morgan fingerprint density at radius 3 is 2.89 bits per heavy atom. The first-order chi connectivity index (χ1) is 13.1. The van der Waals surface area contributed by atoms with Gasteiger partial charge in [0, 0.05) is 32.1 Å². The number of halogens is 1. The van der Waals surface area contributed by atoms with Crippen molar-refractivity contribution in [1.82, 2.24) is 11.0 Å². The maximum atomic E-state index is 6.01. The molecule has 1 aromatic carbocycles. The van der Waals surface area contributed by atoms with Crippen molar-refractivity contribution in [3.05, 3.63) is 75.0 Å². The Kier molecular flexibility index (Phi) is 3.91. The molecule has 2 unspecified atom stereocenters. The minimum absolute atomic E-state index is 0.0106. The van der Waals surface area contributed by atoms with Gasteiger partial charge in [-0.25, -0.2) is 0 Å². The van der Waals surface area contributed by atoms with E-state index in [0.29, 0.717) is 0 Å². The first kappa shape index (κ1) is 16.7. The molecule has 0 saturated heterocycles. The van der Waals surface area contributed by atoms with E-state index in [-0.39, 0.29) is 11.5 Å². The van der Waals surface area contributed by atoms with Gasteiger partial charge < -0.3 is 5.32 Å². The lowest BCUT2D eigenvalue weighted by Gasteiger charge is -2.38. The van der Waals surface area contributed by atoms with E-state index in [1.165, 1.54) is 4.88 Å². The Labute approximate surface area is 165 Å². The lowest BCUT2D eigenvalue weighted by atomic mass is 9.73. The van der Waals surface area contributed by atoms with E-state index in [1.807, 2.05) is 24.3 Å². The first-order valence-electron chi connectivity index (χ1n) is 8.65. The molecule has 0 fully saturated rings.